The van der Waals surface area contributed by atoms with Gasteiger partial charge in [0, 0.05) is 18.1 Å². The van der Waals surface area contributed by atoms with Crippen molar-refractivity contribution in [2.75, 3.05) is 26.2 Å². The average molecular weight is 451 g/mol. The molecule has 0 saturated heterocycles. The second-order valence-electron chi connectivity index (χ2n) is 7.14. The van der Waals surface area contributed by atoms with Gasteiger partial charge in [-0.1, -0.05) is 49.2 Å². The molecule has 2 N–H and O–H groups in total. The molecule has 30 heavy (non-hydrogen) atoms. The van der Waals surface area contributed by atoms with E-state index in [1.807, 2.05) is 33.4 Å². The van der Waals surface area contributed by atoms with Gasteiger partial charge in [-0.3, -0.25) is 5.41 Å². The average Bonchev–Trinajstić information content (AvgIpc) is 2.99. The minimum atomic E-state index is -0.798. The van der Waals surface area contributed by atoms with Gasteiger partial charge in [0.1, 0.15) is 18.5 Å². The second kappa shape index (κ2) is 10.4. The molecule has 1 unspecified atom stereocenters. The maximum Gasteiger partial charge on any atom is 0.203 e. The largest absolute Gasteiger partial charge is 0.489 e. The molecular formula is C22H28Cl2N4O2. The van der Waals surface area contributed by atoms with Gasteiger partial charge in [-0.25, -0.2) is 0 Å². The van der Waals surface area contributed by atoms with Crippen molar-refractivity contribution in [3.8, 4) is 5.75 Å². The molecule has 0 aliphatic rings. The molecule has 6 nitrogen and oxygen atoms in total. The van der Waals surface area contributed by atoms with Crippen LogP contribution in [-0.2, 0) is 13.1 Å². The third-order valence-electron chi connectivity index (χ3n) is 5.23. The summed E-state index contributed by atoms with van der Waals surface area (Å²) in [6.45, 7) is 8.15. The summed E-state index contributed by atoms with van der Waals surface area (Å²) in [6, 6.07) is 12.9. The molecule has 2 aromatic carbocycles. The lowest BCUT2D eigenvalue weighted by Gasteiger charge is -2.18. The summed E-state index contributed by atoms with van der Waals surface area (Å²) in [4.78, 5) is 2.33. The zero-order valence-corrected chi connectivity index (χ0v) is 18.8. The van der Waals surface area contributed by atoms with Crippen LogP contribution in [0.25, 0.3) is 11.0 Å². The first-order valence-electron chi connectivity index (χ1n) is 10.2. The molecule has 1 atom stereocenters. The normalized spacial score (nSPS) is 12.6. The molecule has 0 saturated carbocycles. The van der Waals surface area contributed by atoms with Gasteiger partial charge in [0.05, 0.1) is 22.6 Å². The Bertz CT molecular complexity index is 1040. The number of halogens is 2. The van der Waals surface area contributed by atoms with Crippen LogP contribution in [0.1, 0.15) is 13.8 Å². The number of fused-ring (bicyclic) bond motifs is 1. The summed E-state index contributed by atoms with van der Waals surface area (Å²) in [6.07, 6.45) is -0.798. The van der Waals surface area contributed by atoms with Gasteiger partial charge in [-0.15, -0.1) is 0 Å². The molecule has 0 bridgehead atoms. The number of aliphatic hydroxyl groups is 1. The molecule has 0 aliphatic heterocycles. The number of para-hydroxylation sites is 2. The van der Waals surface area contributed by atoms with E-state index in [2.05, 4.69) is 18.7 Å². The summed E-state index contributed by atoms with van der Waals surface area (Å²) in [5.41, 5.74) is 2.28. The number of rotatable bonds is 10. The highest BCUT2D eigenvalue weighted by atomic mass is 35.5. The number of nitrogens with one attached hydrogen (secondary N) is 1. The van der Waals surface area contributed by atoms with E-state index in [1.54, 1.807) is 18.2 Å². The Kier molecular flexibility index (Phi) is 7.83. The summed E-state index contributed by atoms with van der Waals surface area (Å²) < 4.78 is 9.49. The summed E-state index contributed by atoms with van der Waals surface area (Å²) in [7, 11) is 0. The minimum Gasteiger partial charge on any atom is -0.489 e. The zero-order valence-electron chi connectivity index (χ0n) is 17.3. The number of hydrogen-bond donors (Lipinski definition) is 2. The van der Waals surface area contributed by atoms with Crippen LogP contribution in [0.5, 0.6) is 5.75 Å². The predicted molar refractivity (Wildman–Crippen MR) is 122 cm³/mol. The highest BCUT2D eigenvalue weighted by Gasteiger charge is 2.15. The third kappa shape index (κ3) is 5.19. The van der Waals surface area contributed by atoms with E-state index >= 15 is 0 Å². The van der Waals surface area contributed by atoms with E-state index in [4.69, 9.17) is 33.3 Å². The van der Waals surface area contributed by atoms with Crippen LogP contribution in [0.3, 0.4) is 0 Å². The summed E-state index contributed by atoms with van der Waals surface area (Å²) in [5, 5.41) is 20.2. The molecule has 3 aromatic rings. The molecule has 162 valence electrons. The van der Waals surface area contributed by atoms with Gasteiger partial charge < -0.3 is 23.9 Å². The van der Waals surface area contributed by atoms with Crippen molar-refractivity contribution in [1.82, 2.24) is 14.0 Å². The Morgan fingerprint density at radius 3 is 2.37 bits per heavy atom. The van der Waals surface area contributed by atoms with Crippen LogP contribution in [0.2, 0.25) is 10.0 Å². The monoisotopic (exact) mass is 450 g/mol. The maximum atomic E-state index is 10.6. The molecule has 1 aromatic heterocycles. The Labute approximate surface area is 186 Å². The van der Waals surface area contributed by atoms with Gasteiger partial charge in [-0.2, -0.15) is 0 Å². The number of benzene rings is 2. The maximum absolute atomic E-state index is 10.6. The number of ether oxygens (including phenoxy) is 1. The van der Waals surface area contributed by atoms with Crippen LogP contribution in [-0.4, -0.2) is 51.5 Å². The van der Waals surface area contributed by atoms with Crippen molar-refractivity contribution in [3.63, 3.8) is 0 Å². The Morgan fingerprint density at radius 1 is 1.07 bits per heavy atom. The molecule has 0 amide bonds. The van der Waals surface area contributed by atoms with Crippen LogP contribution >= 0.6 is 23.2 Å². The fourth-order valence-corrected chi connectivity index (χ4v) is 3.99. The van der Waals surface area contributed by atoms with Crippen LogP contribution in [0.4, 0.5) is 0 Å². The molecule has 1 heterocycles. The highest BCUT2D eigenvalue weighted by Crippen LogP contribution is 2.27. The van der Waals surface area contributed by atoms with Crippen LogP contribution in [0, 0.1) is 5.41 Å². The van der Waals surface area contributed by atoms with Gasteiger partial charge in [0.25, 0.3) is 0 Å². The lowest BCUT2D eigenvalue weighted by atomic mass is 10.3. The molecule has 0 aliphatic carbocycles. The number of hydrogen-bond acceptors (Lipinski definition) is 4. The molecule has 3 rings (SSSR count). The summed E-state index contributed by atoms with van der Waals surface area (Å²) >= 11 is 12.0. The van der Waals surface area contributed by atoms with E-state index in [-0.39, 0.29) is 13.2 Å². The molecule has 8 heteroatoms. The standard InChI is InChI=1S/C22H28Cl2N4O2/c1-3-26(4-2)11-12-27-19-7-5-6-8-20(19)28(22(27)25)14-17(29)15-30-21-10-9-16(23)13-18(21)24/h5-10,13,17,25,29H,3-4,11-12,14-15H2,1-2H3. The first-order chi connectivity index (χ1) is 14.4. The zero-order chi connectivity index (χ0) is 21.7. The molecule has 0 radical (unpaired) electrons. The Morgan fingerprint density at radius 2 is 1.73 bits per heavy atom. The van der Waals surface area contributed by atoms with E-state index in [0.29, 0.717) is 21.4 Å². The smallest absolute Gasteiger partial charge is 0.203 e. The Balaban J connectivity index is 1.76. The predicted octanol–water partition coefficient (Wildman–Crippen LogP) is 4.01. The number of likely N-dealkylation sites (N-methyl/N-ethyl adjacent to an activating group) is 1. The third-order valence-corrected chi connectivity index (χ3v) is 5.76. The molecule has 0 fully saturated rings. The first-order valence-corrected chi connectivity index (χ1v) is 10.9. The SMILES string of the molecule is CCN(CC)CCn1c(=N)n(CC(O)COc2ccc(Cl)cc2Cl)c2ccccc21. The minimum absolute atomic E-state index is 0.0622. The van der Waals surface area contributed by atoms with Crippen molar-refractivity contribution >= 4 is 34.2 Å². The number of imidazole rings is 1. The fourth-order valence-electron chi connectivity index (χ4n) is 3.53. The first kappa shape index (κ1) is 22.7. The van der Waals surface area contributed by atoms with Crippen molar-refractivity contribution in [2.24, 2.45) is 0 Å². The van der Waals surface area contributed by atoms with Gasteiger partial charge in [0.15, 0.2) is 0 Å². The van der Waals surface area contributed by atoms with Gasteiger partial charge in [0.2, 0.25) is 5.62 Å². The van der Waals surface area contributed by atoms with Crippen molar-refractivity contribution in [1.29, 1.82) is 5.41 Å². The van der Waals surface area contributed by atoms with Crippen molar-refractivity contribution in [3.05, 3.63) is 58.1 Å². The number of nitrogens with zero attached hydrogens (tertiary/aromatic N) is 3. The van der Waals surface area contributed by atoms with Crippen LogP contribution < -0.4 is 10.4 Å². The van der Waals surface area contributed by atoms with Gasteiger partial charge in [-0.05, 0) is 43.4 Å². The lowest BCUT2D eigenvalue weighted by Crippen LogP contribution is -2.34. The number of aromatic nitrogens is 2. The summed E-state index contributed by atoms with van der Waals surface area (Å²) in [5.74, 6) is 0.470. The van der Waals surface area contributed by atoms with E-state index in [9.17, 15) is 5.11 Å². The second-order valence-corrected chi connectivity index (χ2v) is 7.98. The quantitative estimate of drug-likeness (QED) is 0.490. The fraction of sp³-hybridized carbons (Fsp3) is 0.409. The van der Waals surface area contributed by atoms with Crippen molar-refractivity contribution < 1.29 is 9.84 Å². The molecule has 0 spiro atoms. The van der Waals surface area contributed by atoms with E-state index in [1.165, 1.54) is 0 Å². The van der Waals surface area contributed by atoms with Crippen molar-refractivity contribution in [2.45, 2.75) is 33.0 Å². The Hall–Kier alpha value is -1.99. The number of aliphatic hydroxyl groups excluding tert-OH is 1. The van der Waals surface area contributed by atoms with E-state index < -0.39 is 6.10 Å². The highest BCUT2D eigenvalue weighted by molar-refractivity contribution is 6.35. The topological polar surface area (TPSA) is 66.4 Å². The van der Waals surface area contributed by atoms with Gasteiger partial charge >= 0.3 is 0 Å². The molecular weight excluding hydrogens is 423 g/mol. The lowest BCUT2D eigenvalue weighted by molar-refractivity contribution is 0.0921. The van der Waals surface area contributed by atoms with E-state index in [0.717, 1.165) is 37.2 Å². The van der Waals surface area contributed by atoms with Crippen LogP contribution in [0.15, 0.2) is 42.5 Å².